The van der Waals surface area contributed by atoms with Crippen molar-refractivity contribution in [1.29, 1.82) is 0 Å². The third-order valence-electron chi connectivity index (χ3n) is 4.54. The van der Waals surface area contributed by atoms with Crippen LogP contribution in [0.1, 0.15) is 25.3 Å². The van der Waals surface area contributed by atoms with Crippen LogP contribution in [-0.4, -0.2) is 41.4 Å². The van der Waals surface area contributed by atoms with Crippen LogP contribution < -0.4 is 0 Å². The van der Waals surface area contributed by atoms with Crippen molar-refractivity contribution >= 4 is 5.91 Å². The number of benzene rings is 1. The van der Waals surface area contributed by atoms with E-state index in [1.165, 1.54) is 18.5 Å². The Bertz CT molecular complexity index is 445. The fraction of sp³-hybridized carbons (Fsp3) is 0.562. The number of nitrogens with zero attached hydrogens (tertiary/aromatic N) is 2. The lowest BCUT2D eigenvalue weighted by Crippen LogP contribution is -2.64. The van der Waals surface area contributed by atoms with Crippen molar-refractivity contribution in [2.24, 2.45) is 5.92 Å². The topological polar surface area (TPSA) is 23.6 Å². The van der Waals surface area contributed by atoms with Gasteiger partial charge < -0.3 is 4.90 Å². The standard InChI is InChI=1S/C16H22N2O/c1-2-16(19)17-9-8-14-11-18(15(14)12-17)10-13-6-4-3-5-7-13/h3-7,14-15H,2,8-12H2,1H3/t14-,15-/m1/s1. The molecule has 0 aliphatic carbocycles. The highest BCUT2D eigenvalue weighted by Gasteiger charge is 2.42. The zero-order valence-electron chi connectivity index (χ0n) is 11.6. The van der Waals surface area contributed by atoms with Gasteiger partial charge in [0.2, 0.25) is 5.91 Å². The highest BCUT2D eigenvalue weighted by Crippen LogP contribution is 2.33. The quantitative estimate of drug-likeness (QED) is 0.829. The summed E-state index contributed by atoms with van der Waals surface area (Å²) >= 11 is 0. The lowest BCUT2D eigenvalue weighted by atomic mass is 9.82. The molecule has 0 spiro atoms. The van der Waals surface area contributed by atoms with Crippen LogP contribution in [0.4, 0.5) is 0 Å². The molecule has 0 radical (unpaired) electrons. The fourth-order valence-corrected chi connectivity index (χ4v) is 3.36. The van der Waals surface area contributed by atoms with E-state index in [0.29, 0.717) is 18.4 Å². The highest BCUT2D eigenvalue weighted by molar-refractivity contribution is 5.76. The monoisotopic (exact) mass is 258 g/mol. The maximum Gasteiger partial charge on any atom is 0.222 e. The highest BCUT2D eigenvalue weighted by atomic mass is 16.2. The Morgan fingerprint density at radius 1 is 1.26 bits per heavy atom. The molecule has 0 saturated carbocycles. The van der Waals surface area contributed by atoms with E-state index in [9.17, 15) is 4.79 Å². The van der Waals surface area contributed by atoms with Gasteiger partial charge in [-0.3, -0.25) is 9.69 Å². The molecule has 3 heteroatoms. The van der Waals surface area contributed by atoms with Crippen LogP contribution in [0.25, 0.3) is 0 Å². The van der Waals surface area contributed by atoms with Gasteiger partial charge in [0.25, 0.3) is 0 Å². The molecular formula is C16H22N2O. The average molecular weight is 258 g/mol. The molecular weight excluding hydrogens is 236 g/mol. The van der Waals surface area contributed by atoms with Gasteiger partial charge in [0.05, 0.1) is 0 Å². The van der Waals surface area contributed by atoms with E-state index in [1.54, 1.807) is 0 Å². The minimum absolute atomic E-state index is 0.310. The smallest absolute Gasteiger partial charge is 0.222 e. The predicted molar refractivity (Wildman–Crippen MR) is 75.6 cm³/mol. The summed E-state index contributed by atoms with van der Waals surface area (Å²) < 4.78 is 0. The number of hydrogen-bond acceptors (Lipinski definition) is 2. The molecule has 102 valence electrons. The number of hydrogen-bond donors (Lipinski definition) is 0. The van der Waals surface area contributed by atoms with E-state index >= 15 is 0 Å². The van der Waals surface area contributed by atoms with E-state index in [4.69, 9.17) is 0 Å². The van der Waals surface area contributed by atoms with E-state index in [1.807, 2.05) is 6.92 Å². The third-order valence-corrected chi connectivity index (χ3v) is 4.54. The average Bonchev–Trinajstić information content (AvgIpc) is 2.45. The second-order valence-electron chi connectivity index (χ2n) is 5.72. The van der Waals surface area contributed by atoms with Crippen molar-refractivity contribution in [3.63, 3.8) is 0 Å². The van der Waals surface area contributed by atoms with Gasteiger partial charge in [0, 0.05) is 38.6 Å². The normalized spacial score (nSPS) is 26.7. The number of rotatable bonds is 3. The second kappa shape index (κ2) is 5.33. The van der Waals surface area contributed by atoms with E-state index in [0.717, 1.165) is 25.6 Å². The Kier molecular flexibility index (Phi) is 3.56. The number of carbonyl (C=O) groups excluding carboxylic acids is 1. The lowest BCUT2D eigenvalue weighted by molar-refractivity contribution is -0.138. The Balaban J connectivity index is 1.60. The molecule has 2 heterocycles. The first-order chi connectivity index (χ1) is 9.28. The zero-order chi connectivity index (χ0) is 13.2. The SMILES string of the molecule is CCC(=O)N1CC[C@@H]2CN(Cc3ccccc3)[C@@H]2C1. The molecule has 0 unspecified atom stereocenters. The van der Waals surface area contributed by atoms with Crippen molar-refractivity contribution in [2.75, 3.05) is 19.6 Å². The van der Waals surface area contributed by atoms with E-state index in [-0.39, 0.29) is 0 Å². The molecule has 2 saturated heterocycles. The van der Waals surface area contributed by atoms with Crippen LogP contribution in [0.5, 0.6) is 0 Å². The summed E-state index contributed by atoms with van der Waals surface area (Å²) in [5.41, 5.74) is 1.37. The molecule has 2 aliphatic rings. The number of piperidine rings is 1. The summed E-state index contributed by atoms with van der Waals surface area (Å²) in [6.45, 7) is 6.08. The molecule has 1 aromatic rings. The molecule has 3 nitrogen and oxygen atoms in total. The molecule has 2 atom stereocenters. The first-order valence-electron chi connectivity index (χ1n) is 7.33. The maximum atomic E-state index is 11.8. The van der Waals surface area contributed by atoms with Crippen molar-refractivity contribution in [3.05, 3.63) is 35.9 Å². The number of carbonyl (C=O) groups is 1. The zero-order valence-corrected chi connectivity index (χ0v) is 11.6. The predicted octanol–water partition coefficient (Wildman–Crippen LogP) is 2.13. The minimum atomic E-state index is 0.310. The van der Waals surface area contributed by atoms with Crippen LogP contribution in [0.15, 0.2) is 30.3 Å². The molecule has 0 N–H and O–H groups in total. The second-order valence-corrected chi connectivity index (χ2v) is 5.72. The summed E-state index contributed by atoms with van der Waals surface area (Å²) in [6, 6.07) is 11.2. The fourth-order valence-electron chi connectivity index (χ4n) is 3.36. The van der Waals surface area contributed by atoms with Gasteiger partial charge in [-0.05, 0) is 17.9 Å². The van der Waals surface area contributed by atoms with Crippen molar-refractivity contribution in [2.45, 2.75) is 32.4 Å². The third kappa shape index (κ3) is 2.52. The van der Waals surface area contributed by atoms with Gasteiger partial charge in [-0.1, -0.05) is 37.3 Å². The van der Waals surface area contributed by atoms with Gasteiger partial charge in [-0.2, -0.15) is 0 Å². The van der Waals surface area contributed by atoms with Crippen LogP contribution in [-0.2, 0) is 11.3 Å². The lowest BCUT2D eigenvalue weighted by Gasteiger charge is -2.53. The van der Waals surface area contributed by atoms with Crippen LogP contribution in [0.3, 0.4) is 0 Å². The molecule has 1 amide bonds. The van der Waals surface area contributed by atoms with Crippen molar-refractivity contribution < 1.29 is 4.79 Å². The summed E-state index contributed by atoms with van der Waals surface area (Å²) in [5.74, 6) is 1.12. The number of amides is 1. The number of fused-ring (bicyclic) bond motifs is 1. The van der Waals surface area contributed by atoms with Crippen molar-refractivity contribution in [1.82, 2.24) is 9.80 Å². The molecule has 0 aromatic heterocycles. The largest absolute Gasteiger partial charge is 0.341 e. The molecule has 19 heavy (non-hydrogen) atoms. The summed E-state index contributed by atoms with van der Waals surface area (Å²) in [7, 11) is 0. The maximum absolute atomic E-state index is 11.8. The Morgan fingerprint density at radius 3 is 2.79 bits per heavy atom. The number of likely N-dealkylation sites (tertiary alicyclic amines) is 2. The van der Waals surface area contributed by atoms with E-state index in [2.05, 4.69) is 40.1 Å². The van der Waals surface area contributed by atoms with E-state index < -0.39 is 0 Å². The minimum Gasteiger partial charge on any atom is -0.341 e. The van der Waals surface area contributed by atoms with Gasteiger partial charge in [-0.25, -0.2) is 0 Å². The summed E-state index contributed by atoms with van der Waals surface area (Å²) in [5, 5.41) is 0. The molecule has 2 aliphatic heterocycles. The summed E-state index contributed by atoms with van der Waals surface area (Å²) in [4.78, 5) is 16.4. The Labute approximate surface area is 115 Å². The molecule has 3 rings (SSSR count). The van der Waals surface area contributed by atoms with Gasteiger partial charge in [0.15, 0.2) is 0 Å². The van der Waals surface area contributed by atoms with Gasteiger partial charge in [-0.15, -0.1) is 0 Å². The Hall–Kier alpha value is -1.35. The molecule has 1 aromatic carbocycles. The van der Waals surface area contributed by atoms with Crippen LogP contribution in [0, 0.1) is 5.92 Å². The summed E-state index contributed by atoms with van der Waals surface area (Å²) in [6.07, 6.45) is 1.82. The Morgan fingerprint density at radius 2 is 2.05 bits per heavy atom. The van der Waals surface area contributed by atoms with Crippen molar-refractivity contribution in [3.8, 4) is 0 Å². The first-order valence-corrected chi connectivity index (χ1v) is 7.33. The molecule has 0 bridgehead atoms. The van der Waals surface area contributed by atoms with Gasteiger partial charge >= 0.3 is 0 Å². The first kappa shape index (κ1) is 12.7. The van der Waals surface area contributed by atoms with Crippen LogP contribution in [0.2, 0.25) is 0 Å². The molecule has 2 fully saturated rings. The van der Waals surface area contributed by atoms with Crippen LogP contribution >= 0.6 is 0 Å². The van der Waals surface area contributed by atoms with Gasteiger partial charge in [0.1, 0.15) is 0 Å².